The molecule has 114 valence electrons. The number of carbonyl (C=O) groups excluding carboxylic acids is 1. The van der Waals surface area contributed by atoms with Crippen LogP contribution in [0, 0.1) is 0 Å². The van der Waals surface area contributed by atoms with Gasteiger partial charge in [0, 0.05) is 35.9 Å². The van der Waals surface area contributed by atoms with Gasteiger partial charge in [-0.15, -0.1) is 0 Å². The predicted octanol–water partition coefficient (Wildman–Crippen LogP) is 3.87. The van der Waals surface area contributed by atoms with Crippen molar-refractivity contribution in [1.29, 1.82) is 0 Å². The molecule has 0 aliphatic carbocycles. The van der Waals surface area contributed by atoms with E-state index in [2.05, 4.69) is 10.2 Å². The van der Waals surface area contributed by atoms with Gasteiger partial charge in [0.2, 0.25) is 0 Å². The van der Waals surface area contributed by atoms with Crippen molar-refractivity contribution in [3.8, 4) is 0 Å². The van der Waals surface area contributed by atoms with Gasteiger partial charge in [-0.25, -0.2) is 0 Å². The second kappa shape index (κ2) is 6.84. The number of nitrogens with zero attached hydrogens (tertiary/aromatic N) is 1. The molecule has 1 aliphatic rings. The van der Waals surface area contributed by atoms with Crippen molar-refractivity contribution in [1.82, 2.24) is 5.32 Å². The average molecular weight is 315 g/mol. The summed E-state index contributed by atoms with van der Waals surface area (Å²) in [7, 11) is 0. The molecule has 3 rings (SSSR count). The number of halogens is 1. The van der Waals surface area contributed by atoms with Crippen LogP contribution in [0.5, 0.6) is 0 Å². The third kappa shape index (κ3) is 3.42. The van der Waals surface area contributed by atoms with E-state index in [-0.39, 0.29) is 5.91 Å². The molecular weight excluding hydrogens is 296 g/mol. The quantitative estimate of drug-likeness (QED) is 0.929. The fraction of sp³-hybridized carbons (Fsp3) is 0.278. The van der Waals surface area contributed by atoms with E-state index in [1.807, 2.05) is 48.5 Å². The van der Waals surface area contributed by atoms with Crippen molar-refractivity contribution in [3.05, 3.63) is 64.7 Å². The maximum atomic E-state index is 12.2. The fourth-order valence-corrected chi connectivity index (χ4v) is 2.92. The van der Waals surface area contributed by atoms with E-state index in [0.717, 1.165) is 18.7 Å². The van der Waals surface area contributed by atoms with Gasteiger partial charge in [-0.2, -0.15) is 0 Å². The SMILES string of the molecule is O=C(NCc1ccccc1Cl)c1ccc(N2CCCC2)cc1. The second-order valence-corrected chi connectivity index (χ2v) is 5.92. The lowest BCUT2D eigenvalue weighted by Gasteiger charge is -2.17. The van der Waals surface area contributed by atoms with Crippen LogP contribution < -0.4 is 10.2 Å². The van der Waals surface area contributed by atoms with Gasteiger partial charge in [-0.3, -0.25) is 4.79 Å². The van der Waals surface area contributed by atoms with E-state index in [0.29, 0.717) is 17.1 Å². The highest BCUT2D eigenvalue weighted by molar-refractivity contribution is 6.31. The third-order valence-corrected chi connectivity index (χ3v) is 4.37. The van der Waals surface area contributed by atoms with E-state index in [4.69, 9.17) is 11.6 Å². The van der Waals surface area contributed by atoms with Crippen molar-refractivity contribution in [2.24, 2.45) is 0 Å². The lowest BCUT2D eigenvalue weighted by Crippen LogP contribution is -2.23. The minimum Gasteiger partial charge on any atom is -0.372 e. The Bertz CT molecular complexity index is 648. The molecule has 0 radical (unpaired) electrons. The predicted molar refractivity (Wildman–Crippen MR) is 90.5 cm³/mol. The summed E-state index contributed by atoms with van der Waals surface area (Å²) in [5.74, 6) is -0.0760. The molecule has 0 spiro atoms. The third-order valence-electron chi connectivity index (χ3n) is 4.00. The summed E-state index contributed by atoms with van der Waals surface area (Å²) >= 11 is 6.09. The number of nitrogens with one attached hydrogen (secondary N) is 1. The minimum absolute atomic E-state index is 0.0760. The molecule has 1 heterocycles. The Labute approximate surface area is 135 Å². The molecule has 0 aromatic heterocycles. The van der Waals surface area contributed by atoms with Crippen LogP contribution in [-0.2, 0) is 6.54 Å². The molecule has 22 heavy (non-hydrogen) atoms. The van der Waals surface area contributed by atoms with Gasteiger partial charge in [0.05, 0.1) is 0 Å². The van der Waals surface area contributed by atoms with Crippen molar-refractivity contribution in [3.63, 3.8) is 0 Å². The van der Waals surface area contributed by atoms with Crippen molar-refractivity contribution < 1.29 is 4.79 Å². The summed E-state index contributed by atoms with van der Waals surface area (Å²) in [6, 6.07) is 15.4. The van der Waals surface area contributed by atoms with E-state index in [1.165, 1.54) is 18.5 Å². The molecule has 3 nitrogen and oxygen atoms in total. The zero-order chi connectivity index (χ0) is 15.4. The number of hydrogen-bond acceptors (Lipinski definition) is 2. The second-order valence-electron chi connectivity index (χ2n) is 5.52. The Morgan fingerprint density at radius 2 is 1.73 bits per heavy atom. The molecule has 1 saturated heterocycles. The first-order valence-electron chi connectivity index (χ1n) is 7.60. The zero-order valence-electron chi connectivity index (χ0n) is 12.4. The molecule has 2 aromatic rings. The Kier molecular flexibility index (Phi) is 4.64. The Hall–Kier alpha value is -2.00. The average Bonchev–Trinajstić information content (AvgIpc) is 3.08. The molecule has 2 aromatic carbocycles. The molecule has 1 N–H and O–H groups in total. The van der Waals surface area contributed by atoms with Crippen LogP contribution in [-0.4, -0.2) is 19.0 Å². The maximum Gasteiger partial charge on any atom is 0.251 e. The highest BCUT2D eigenvalue weighted by atomic mass is 35.5. The molecular formula is C18H19ClN2O. The van der Waals surface area contributed by atoms with Crippen molar-refractivity contribution >= 4 is 23.2 Å². The Balaban J connectivity index is 1.61. The molecule has 1 amide bonds. The Morgan fingerprint density at radius 1 is 1.05 bits per heavy atom. The molecule has 0 unspecified atom stereocenters. The van der Waals surface area contributed by atoms with Crippen molar-refractivity contribution in [2.75, 3.05) is 18.0 Å². The molecule has 0 bridgehead atoms. The summed E-state index contributed by atoms with van der Waals surface area (Å²) in [6.07, 6.45) is 2.50. The highest BCUT2D eigenvalue weighted by Crippen LogP contribution is 2.20. The van der Waals surface area contributed by atoms with Crippen molar-refractivity contribution in [2.45, 2.75) is 19.4 Å². The fourth-order valence-electron chi connectivity index (χ4n) is 2.72. The van der Waals surface area contributed by atoms with E-state index in [1.54, 1.807) is 0 Å². The van der Waals surface area contributed by atoms with Gasteiger partial charge in [0.25, 0.3) is 5.91 Å². The summed E-state index contributed by atoms with van der Waals surface area (Å²) in [6.45, 7) is 2.66. The summed E-state index contributed by atoms with van der Waals surface area (Å²) in [5.41, 5.74) is 2.79. The number of rotatable bonds is 4. The van der Waals surface area contributed by atoms with E-state index < -0.39 is 0 Å². The topological polar surface area (TPSA) is 32.3 Å². The monoisotopic (exact) mass is 314 g/mol. The van der Waals surface area contributed by atoms with Crippen LogP contribution >= 0.6 is 11.6 Å². The molecule has 1 fully saturated rings. The number of amides is 1. The first kappa shape index (κ1) is 14.9. The number of anilines is 1. The Morgan fingerprint density at radius 3 is 2.41 bits per heavy atom. The smallest absolute Gasteiger partial charge is 0.251 e. The zero-order valence-corrected chi connectivity index (χ0v) is 13.1. The molecule has 0 atom stereocenters. The van der Waals surface area contributed by atoms with E-state index >= 15 is 0 Å². The van der Waals surface area contributed by atoms with Gasteiger partial charge >= 0.3 is 0 Å². The first-order valence-corrected chi connectivity index (χ1v) is 7.98. The number of benzene rings is 2. The molecule has 0 saturated carbocycles. The molecule has 4 heteroatoms. The van der Waals surface area contributed by atoms with Crippen LogP contribution in [0.1, 0.15) is 28.8 Å². The largest absolute Gasteiger partial charge is 0.372 e. The lowest BCUT2D eigenvalue weighted by atomic mass is 10.1. The standard InChI is InChI=1S/C18H19ClN2O/c19-17-6-2-1-5-15(17)13-20-18(22)14-7-9-16(10-8-14)21-11-3-4-12-21/h1-2,5-10H,3-4,11-13H2,(H,20,22). The van der Waals surface area contributed by atoms with E-state index in [9.17, 15) is 4.79 Å². The highest BCUT2D eigenvalue weighted by Gasteiger charge is 2.13. The van der Waals surface area contributed by atoms with Crippen LogP contribution in [0.4, 0.5) is 5.69 Å². The van der Waals surface area contributed by atoms with Gasteiger partial charge in [-0.1, -0.05) is 29.8 Å². The lowest BCUT2D eigenvalue weighted by molar-refractivity contribution is 0.0951. The van der Waals surface area contributed by atoms with Gasteiger partial charge in [0.1, 0.15) is 0 Å². The van der Waals surface area contributed by atoms with Crippen LogP contribution in [0.15, 0.2) is 48.5 Å². The molecule has 1 aliphatic heterocycles. The summed E-state index contributed by atoms with van der Waals surface area (Å²) in [5, 5.41) is 3.58. The van der Waals surface area contributed by atoms with Crippen LogP contribution in [0.25, 0.3) is 0 Å². The minimum atomic E-state index is -0.0760. The number of carbonyl (C=O) groups is 1. The number of hydrogen-bond donors (Lipinski definition) is 1. The van der Waals surface area contributed by atoms with Crippen LogP contribution in [0.3, 0.4) is 0 Å². The van der Waals surface area contributed by atoms with Crippen LogP contribution in [0.2, 0.25) is 5.02 Å². The van der Waals surface area contributed by atoms with Gasteiger partial charge in [0.15, 0.2) is 0 Å². The maximum absolute atomic E-state index is 12.2. The van der Waals surface area contributed by atoms with Gasteiger partial charge in [-0.05, 0) is 48.7 Å². The van der Waals surface area contributed by atoms with Gasteiger partial charge < -0.3 is 10.2 Å². The normalized spacial score (nSPS) is 14.1. The summed E-state index contributed by atoms with van der Waals surface area (Å²) < 4.78 is 0. The first-order chi connectivity index (χ1) is 10.7. The summed E-state index contributed by atoms with van der Waals surface area (Å²) in [4.78, 5) is 14.5.